The maximum Gasteiger partial charge on any atom is 0.193 e. The van der Waals surface area contributed by atoms with Crippen LogP contribution < -0.4 is 15.8 Å². The highest BCUT2D eigenvalue weighted by Crippen LogP contribution is 2.26. The van der Waals surface area contributed by atoms with E-state index in [0.29, 0.717) is 23.3 Å². The first kappa shape index (κ1) is 22.5. The van der Waals surface area contributed by atoms with Crippen LogP contribution in [0, 0.1) is 0 Å². The molecule has 0 unspecified atom stereocenters. The Morgan fingerprint density at radius 2 is 1.96 bits per heavy atom. The number of anilines is 1. The molecule has 0 aliphatic heterocycles. The third-order valence-corrected chi connectivity index (χ3v) is 3.99. The molecule has 2 aromatic rings. The highest BCUT2D eigenvalue weighted by molar-refractivity contribution is 14.0. The van der Waals surface area contributed by atoms with Crippen LogP contribution in [0.1, 0.15) is 12.0 Å². The van der Waals surface area contributed by atoms with E-state index in [2.05, 4.69) is 46.5 Å². The van der Waals surface area contributed by atoms with Gasteiger partial charge >= 0.3 is 0 Å². The average Bonchev–Trinajstić information content (AvgIpc) is 2.60. The Morgan fingerprint density at radius 3 is 2.62 bits per heavy atom. The van der Waals surface area contributed by atoms with Crippen LogP contribution in [0.3, 0.4) is 0 Å². The third kappa shape index (κ3) is 7.80. The molecule has 0 aromatic heterocycles. The summed E-state index contributed by atoms with van der Waals surface area (Å²) in [5, 5.41) is 3.57. The second kappa shape index (κ2) is 12.0. The highest BCUT2D eigenvalue weighted by atomic mass is 127. The number of guanidine groups is 1. The van der Waals surface area contributed by atoms with Crippen molar-refractivity contribution in [1.82, 2.24) is 4.90 Å². The number of nitrogens with zero attached hydrogens (tertiary/aromatic N) is 2. The van der Waals surface area contributed by atoms with E-state index in [4.69, 9.17) is 22.1 Å². The zero-order chi connectivity index (χ0) is 18.1. The molecule has 0 amide bonds. The predicted octanol–water partition coefficient (Wildman–Crippen LogP) is 4.22. The van der Waals surface area contributed by atoms with Crippen LogP contribution in [0.2, 0.25) is 5.02 Å². The van der Waals surface area contributed by atoms with Gasteiger partial charge in [0.15, 0.2) is 5.96 Å². The quantitative estimate of drug-likeness (QED) is 0.253. The molecular weight excluding hydrogens is 463 g/mol. The lowest BCUT2D eigenvalue weighted by atomic mass is 10.2. The first-order valence-corrected chi connectivity index (χ1v) is 8.59. The lowest BCUT2D eigenvalue weighted by molar-refractivity contribution is 0.324. The van der Waals surface area contributed by atoms with Crippen molar-refractivity contribution in [1.29, 1.82) is 0 Å². The van der Waals surface area contributed by atoms with Crippen molar-refractivity contribution in [2.45, 2.75) is 13.0 Å². The van der Waals surface area contributed by atoms with E-state index in [0.717, 1.165) is 25.2 Å². The molecule has 26 heavy (non-hydrogen) atoms. The monoisotopic (exact) mass is 488 g/mol. The van der Waals surface area contributed by atoms with Gasteiger partial charge in [-0.15, -0.1) is 24.0 Å². The summed E-state index contributed by atoms with van der Waals surface area (Å²) in [6.07, 6.45) is 0.940. The Kier molecular flexibility index (Phi) is 10.4. The molecule has 0 aliphatic carbocycles. The molecule has 142 valence electrons. The van der Waals surface area contributed by atoms with E-state index in [1.165, 1.54) is 5.56 Å². The summed E-state index contributed by atoms with van der Waals surface area (Å²) in [4.78, 5) is 6.63. The van der Waals surface area contributed by atoms with Crippen molar-refractivity contribution in [3.05, 3.63) is 59.1 Å². The van der Waals surface area contributed by atoms with Crippen LogP contribution in [0.15, 0.2) is 53.5 Å². The maximum atomic E-state index is 6.09. The molecule has 0 heterocycles. The van der Waals surface area contributed by atoms with Crippen molar-refractivity contribution in [3.63, 3.8) is 0 Å². The fraction of sp³-hybridized carbons (Fsp3) is 0.316. The normalized spacial score (nSPS) is 11.2. The topological polar surface area (TPSA) is 62.9 Å². The Bertz CT molecular complexity index is 697. The number of ether oxygens (including phenoxy) is 1. The molecule has 0 spiro atoms. The van der Waals surface area contributed by atoms with Gasteiger partial charge in [0, 0.05) is 18.8 Å². The van der Waals surface area contributed by atoms with E-state index in [1.807, 2.05) is 12.1 Å². The van der Waals surface area contributed by atoms with E-state index in [1.54, 1.807) is 19.2 Å². The fourth-order valence-electron chi connectivity index (χ4n) is 2.45. The van der Waals surface area contributed by atoms with Crippen LogP contribution in [0.4, 0.5) is 5.69 Å². The van der Waals surface area contributed by atoms with Gasteiger partial charge in [-0.3, -0.25) is 4.99 Å². The standard InChI is InChI=1S/C19H25ClN4O.HI/c1-24(14-15-7-4-3-5-8-15)12-6-11-22-19(21)23-16-9-10-18(25-2)17(20)13-16;/h3-5,7-10,13H,6,11-12,14H2,1-2H3,(H3,21,22,23);1H. The van der Waals surface area contributed by atoms with E-state index < -0.39 is 0 Å². The zero-order valence-electron chi connectivity index (χ0n) is 15.1. The molecule has 2 rings (SSSR count). The molecule has 0 radical (unpaired) electrons. The Hall–Kier alpha value is -1.51. The number of benzene rings is 2. The van der Waals surface area contributed by atoms with Crippen LogP contribution in [0.25, 0.3) is 0 Å². The van der Waals surface area contributed by atoms with Gasteiger partial charge in [0.05, 0.1) is 12.1 Å². The van der Waals surface area contributed by atoms with E-state index >= 15 is 0 Å². The number of hydrogen-bond donors (Lipinski definition) is 2. The van der Waals surface area contributed by atoms with Gasteiger partial charge in [-0.1, -0.05) is 41.9 Å². The second-order valence-corrected chi connectivity index (χ2v) is 6.23. The minimum Gasteiger partial charge on any atom is -0.495 e. The van der Waals surface area contributed by atoms with E-state index in [-0.39, 0.29) is 24.0 Å². The second-order valence-electron chi connectivity index (χ2n) is 5.82. The largest absolute Gasteiger partial charge is 0.495 e. The van der Waals surface area contributed by atoms with Crippen molar-refractivity contribution in [2.24, 2.45) is 10.7 Å². The summed E-state index contributed by atoms with van der Waals surface area (Å²) < 4.78 is 5.12. The number of halogens is 2. The molecule has 0 bridgehead atoms. The molecule has 3 N–H and O–H groups in total. The molecule has 2 aromatic carbocycles. The summed E-state index contributed by atoms with van der Waals surface area (Å²) >= 11 is 6.09. The highest BCUT2D eigenvalue weighted by Gasteiger charge is 2.03. The van der Waals surface area contributed by atoms with Gasteiger partial charge in [0.25, 0.3) is 0 Å². The first-order valence-electron chi connectivity index (χ1n) is 8.21. The summed E-state index contributed by atoms with van der Waals surface area (Å²) in [5.74, 6) is 1.01. The lowest BCUT2D eigenvalue weighted by Gasteiger charge is -2.16. The molecule has 7 heteroatoms. The predicted molar refractivity (Wildman–Crippen MR) is 121 cm³/mol. The average molecular weight is 489 g/mol. The molecule has 0 fully saturated rings. The Labute approximate surface area is 177 Å². The van der Waals surface area contributed by atoms with Crippen molar-refractivity contribution in [2.75, 3.05) is 32.6 Å². The number of aliphatic imine (C=N–C) groups is 1. The van der Waals surface area contributed by atoms with Gasteiger partial charge in [-0.2, -0.15) is 0 Å². The summed E-state index contributed by atoms with van der Waals surface area (Å²) in [7, 11) is 3.69. The summed E-state index contributed by atoms with van der Waals surface area (Å²) in [6, 6.07) is 15.8. The third-order valence-electron chi connectivity index (χ3n) is 3.70. The molecule has 0 aliphatic rings. The molecular formula is C19H26ClIN4O. The smallest absolute Gasteiger partial charge is 0.193 e. The van der Waals surface area contributed by atoms with Gasteiger partial charge in [-0.25, -0.2) is 0 Å². The van der Waals surface area contributed by atoms with Crippen molar-refractivity contribution >= 4 is 47.2 Å². The molecule has 0 saturated carbocycles. The van der Waals surface area contributed by atoms with Gasteiger partial charge in [0.2, 0.25) is 0 Å². The zero-order valence-corrected chi connectivity index (χ0v) is 18.2. The Morgan fingerprint density at radius 1 is 1.23 bits per heavy atom. The SMILES string of the molecule is COc1ccc(NC(N)=NCCCN(C)Cc2ccccc2)cc1Cl.I. The Balaban J connectivity index is 0.00000338. The first-order chi connectivity index (χ1) is 12.1. The number of nitrogens with two attached hydrogens (primary N) is 1. The van der Waals surface area contributed by atoms with Crippen LogP contribution >= 0.6 is 35.6 Å². The van der Waals surface area contributed by atoms with Crippen LogP contribution in [-0.2, 0) is 6.54 Å². The van der Waals surface area contributed by atoms with E-state index in [9.17, 15) is 0 Å². The number of hydrogen-bond acceptors (Lipinski definition) is 3. The van der Waals surface area contributed by atoms with Crippen molar-refractivity contribution < 1.29 is 4.74 Å². The van der Waals surface area contributed by atoms with Gasteiger partial charge in [-0.05, 0) is 43.8 Å². The summed E-state index contributed by atoms with van der Waals surface area (Å²) in [5.41, 5.74) is 8.01. The minimum atomic E-state index is 0. The van der Waals surface area contributed by atoms with Crippen LogP contribution in [-0.4, -0.2) is 38.1 Å². The molecule has 0 atom stereocenters. The molecule has 0 saturated heterocycles. The molecule has 5 nitrogen and oxygen atoms in total. The lowest BCUT2D eigenvalue weighted by Crippen LogP contribution is -2.24. The van der Waals surface area contributed by atoms with Crippen molar-refractivity contribution in [3.8, 4) is 5.75 Å². The minimum absolute atomic E-state index is 0. The van der Waals surface area contributed by atoms with Gasteiger partial charge < -0.3 is 20.7 Å². The maximum absolute atomic E-state index is 6.09. The summed E-state index contributed by atoms with van der Waals surface area (Å²) in [6.45, 7) is 2.56. The van der Waals surface area contributed by atoms with Crippen LogP contribution in [0.5, 0.6) is 5.75 Å². The number of methoxy groups -OCH3 is 1. The fourth-order valence-corrected chi connectivity index (χ4v) is 2.70. The van der Waals surface area contributed by atoms with Gasteiger partial charge in [0.1, 0.15) is 5.75 Å². The number of nitrogens with one attached hydrogen (secondary N) is 1. The number of rotatable bonds is 8.